The molecule has 0 radical (unpaired) electrons. The number of phosphoric ester groups is 1. The van der Waals surface area contributed by atoms with Gasteiger partial charge in [0.15, 0.2) is 11.6 Å². The molecule has 41 heavy (non-hydrogen) atoms. The van der Waals surface area contributed by atoms with Crippen LogP contribution in [0.4, 0.5) is 0 Å². The molecule has 0 saturated heterocycles. The van der Waals surface area contributed by atoms with Crippen LogP contribution in [0.1, 0.15) is 168 Å². The first-order valence-corrected chi connectivity index (χ1v) is 18.5. The molecule has 1 unspecified atom stereocenters. The molecule has 0 bridgehead atoms. The van der Waals surface area contributed by atoms with Gasteiger partial charge in [0.1, 0.15) is 6.54 Å². The second kappa shape index (κ2) is 23.8. The van der Waals surface area contributed by atoms with Crippen molar-refractivity contribution >= 4 is 19.4 Å². The fourth-order valence-electron chi connectivity index (χ4n) is 5.63. The van der Waals surface area contributed by atoms with Crippen molar-refractivity contribution in [1.82, 2.24) is 0 Å². The van der Waals surface area contributed by atoms with Gasteiger partial charge in [-0.2, -0.15) is 0 Å². The van der Waals surface area contributed by atoms with E-state index in [0.717, 1.165) is 38.5 Å². The van der Waals surface area contributed by atoms with Crippen LogP contribution in [0.3, 0.4) is 0 Å². The summed E-state index contributed by atoms with van der Waals surface area (Å²) in [6, 6.07) is 0. The molecule has 0 aromatic rings. The zero-order valence-electron chi connectivity index (χ0n) is 27.6. The van der Waals surface area contributed by atoms with Gasteiger partial charge in [0.2, 0.25) is 5.60 Å². The third-order valence-electron chi connectivity index (χ3n) is 7.88. The molecule has 0 rings (SSSR count). The first kappa shape index (κ1) is 40.4. The maximum absolute atomic E-state index is 13.5. The molecule has 0 saturated carbocycles. The average Bonchev–Trinajstić information content (AvgIpc) is 2.88. The Kier molecular flexibility index (Phi) is 23.5. The van der Waals surface area contributed by atoms with Gasteiger partial charge in [0, 0.05) is 12.8 Å². The SMILES string of the molecule is CCCCCCCCCCCCCC(=O)C(C[N+](C)(C)C)(OP(=O)([O-])O)C(=O)CCCCCCCCCCCCC. The summed E-state index contributed by atoms with van der Waals surface area (Å²) in [5, 5.41) is 0. The van der Waals surface area contributed by atoms with E-state index in [4.69, 9.17) is 4.52 Å². The predicted molar refractivity (Wildman–Crippen MR) is 169 cm³/mol. The quantitative estimate of drug-likeness (QED) is 0.0382. The molecular formula is C33H66NO6P. The lowest BCUT2D eigenvalue weighted by Crippen LogP contribution is -2.60. The molecule has 0 aliphatic carbocycles. The van der Waals surface area contributed by atoms with Gasteiger partial charge in [-0.25, -0.2) is 0 Å². The van der Waals surface area contributed by atoms with Crippen LogP contribution in [0.15, 0.2) is 0 Å². The summed E-state index contributed by atoms with van der Waals surface area (Å²) in [5.74, 6) is -1.06. The minimum Gasteiger partial charge on any atom is -0.756 e. The molecule has 0 heterocycles. The fraction of sp³-hybridized carbons (Fsp3) is 0.939. The first-order chi connectivity index (χ1) is 19.4. The molecule has 1 N–H and O–H groups in total. The smallest absolute Gasteiger partial charge is 0.266 e. The molecule has 244 valence electrons. The van der Waals surface area contributed by atoms with Crippen LogP contribution in [0, 0.1) is 0 Å². The van der Waals surface area contributed by atoms with Crippen LogP contribution >= 0.6 is 7.82 Å². The molecule has 0 aromatic carbocycles. The van der Waals surface area contributed by atoms with E-state index in [0.29, 0.717) is 12.8 Å². The fourth-order valence-corrected chi connectivity index (χ4v) is 6.29. The zero-order chi connectivity index (χ0) is 31.0. The highest BCUT2D eigenvalue weighted by Gasteiger charge is 2.51. The van der Waals surface area contributed by atoms with Gasteiger partial charge in [-0.15, -0.1) is 0 Å². The van der Waals surface area contributed by atoms with Crippen molar-refractivity contribution in [2.75, 3.05) is 27.7 Å². The summed E-state index contributed by atoms with van der Waals surface area (Å²) in [7, 11) is 0.0452. The average molecular weight is 604 g/mol. The van der Waals surface area contributed by atoms with Crippen LogP contribution in [0.2, 0.25) is 0 Å². The normalized spacial score (nSPS) is 13.8. The number of hydrogen-bond acceptors (Lipinski definition) is 5. The number of Topliss-reactive ketones (excluding diaryl/α,β-unsaturated/α-hetero) is 2. The van der Waals surface area contributed by atoms with Crippen LogP contribution in [-0.2, 0) is 18.7 Å². The van der Waals surface area contributed by atoms with Gasteiger partial charge < -0.3 is 14.3 Å². The van der Waals surface area contributed by atoms with Gasteiger partial charge in [0.05, 0.1) is 21.1 Å². The number of nitrogens with zero attached hydrogens (tertiary/aromatic N) is 1. The van der Waals surface area contributed by atoms with Gasteiger partial charge in [-0.1, -0.05) is 142 Å². The monoisotopic (exact) mass is 603 g/mol. The van der Waals surface area contributed by atoms with E-state index >= 15 is 0 Å². The van der Waals surface area contributed by atoms with E-state index in [1.165, 1.54) is 89.9 Å². The summed E-state index contributed by atoms with van der Waals surface area (Å²) in [4.78, 5) is 48.5. The van der Waals surface area contributed by atoms with Crippen molar-refractivity contribution in [2.45, 2.75) is 174 Å². The molecule has 7 nitrogen and oxygen atoms in total. The van der Waals surface area contributed by atoms with Crippen molar-refractivity contribution < 1.29 is 32.9 Å². The Balaban J connectivity index is 4.81. The molecule has 0 spiro atoms. The number of ketones is 2. The molecule has 0 aromatic heterocycles. The van der Waals surface area contributed by atoms with Gasteiger partial charge in [-0.3, -0.25) is 18.7 Å². The van der Waals surface area contributed by atoms with E-state index in [1.807, 2.05) is 0 Å². The molecule has 1 atom stereocenters. The lowest BCUT2D eigenvalue weighted by Gasteiger charge is -2.39. The van der Waals surface area contributed by atoms with Crippen molar-refractivity contribution in [3.05, 3.63) is 0 Å². The molecule has 8 heteroatoms. The lowest BCUT2D eigenvalue weighted by molar-refractivity contribution is -0.874. The Morgan fingerprint density at radius 1 is 0.610 bits per heavy atom. The Bertz CT molecular complexity index is 677. The highest BCUT2D eigenvalue weighted by molar-refractivity contribution is 7.44. The Morgan fingerprint density at radius 2 is 0.878 bits per heavy atom. The molecule has 0 fully saturated rings. The molecule has 0 aliphatic heterocycles. The molecule has 0 aliphatic rings. The van der Waals surface area contributed by atoms with Crippen LogP contribution in [0.5, 0.6) is 0 Å². The number of hydrogen-bond donors (Lipinski definition) is 1. The maximum Gasteiger partial charge on any atom is 0.266 e. The second-order valence-corrected chi connectivity index (χ2v) is 14.4. The highest BCUT2D eigenvalue weighted by atomic mass is 31.2. The van der Waals surface area contributed by atoms with Crippen LogP contribution in [0.25, 0.3) is 0 Å². The Labute approximate surface area is 253 Å². The van der Waals surface area contributed by atoms with E-state index < -0.39 is 25.0 Å². The third-order valence-corrected chi connectivity index (χ3v) is 8.43. The Morgan fingerprint density at radius 3 is 1.12 bits per heavy atom. The second-order valence-electron chi connectivity index (χ2n) is 13.3. The molecule has 0 amide bonds. The number of phosphoric acid groups is 1. The first-order valence-electron chi connectivity index (χ1n) is 17.0. The summed E-state index contributed by atoms with van der Waals surface area (Å²) in [6.45, 7) is 4.32. The number of carbonyl (C=O) groups is 2. The number of rotatable bonds is 30. The summed E-state index contributed by atoms with van der Waals surface area (Å²) < 4.78 is 17.1. The number of likely N-dealkylation sites (N-methyl/N-ethyl adjacent to an activating group) is 1. The lowest BCUT2D eigenvalue weighted by atomic mass is 9.86. The zero-order valence-corrected chi connectivity index (χ0v) is 28.5. The summed E-state index contributed by atoms with van der Waals surface area (Å²) in [6.07, 6.45) is 25.1. The minimum atomic E-state index is -5.32. The number of unbranched alkanes of at least 4 members (excludes halogenated alkanes) is 20. The molecular weight excluding hydrogens is 537 g/mol. The standard InChI is InChI=1S/C33H66NO6P/c1-6-8-10-12-14-16-18-20-22-24-26-28-31(35)33(30-34(3,4)5,40-41(37,38)39)32(36)29-27-25-23-21-19-17-15-13-11-9-7-2/h6-30H2,1-5H3,(H-,37,38,39). The van der Waals surface area contributed by atoms with Gasteiger partial charge >= 0.3 is 0 Å². The summed E-state index contributed by atoms with van der Waals surface area (Å²) >= 11 is 0. The van der Waals surface area contributed by atoms with Crippen LogP contribution in [-0.4, -0.2) is 54.2 Å². The predicted octanol–water partition coefficient (Wildman–Crippen LogP) is 8.45. The van der Waals surface area contributed by atoms with E-state index in [9.17, 15) is 23.9 Å². The highest BCUT2D eigenvalue weighted by Crippen LogP contribution is 2.40. The summed E-state index contributed by atoms with van der Waals surface area (Å²) in [5.41, 5.74) is -2.17. The third kappa shape index (κ3) is 22.6. The van der Waals surface area contributed by atoms with E-state index in [2.05, 4.69) is 13.8 Å². The van der Waals surface area contributed by atoms with Crippen molar-refractivity contribution in [3.8, 4) is 0 Å². The van der Waals surface area contributed by atoms with Crippen molar-refractivity contribution in [1.29, 1.82) is 0 Å². The maximum atomic E-state index is 13.5. The van der Waals surface area contributed by atoms with Crippen molar-refractivity contribution in [3.63, 3.8) is 0 Å². The Hall–Kier alpha value is -0.590. The topological polar surface area (TPSA) is 104 Å². The van der Waals surface area contributed by atoms with E-state index in [1.54, 1.807) is 21.1 Å². The number of carbonyl (C=O) groups excluding carboxylic acids is 2. The van der Waals surface area contributed by atoms with Crippen LogP contribution < -0.4 is 4.89 Å². The van der Waals surface area contributed by atoms with Crippen molar-refractivity contribution in [2.24, 2.45) is 0 Å². The van der Waals surface area contributed by atoms with E-state index in [-0.39, 0.29) is 23.9 Å². The number of quaternary nitrogens is 1. The van der Waals surface area contributed by atoms with Gasteiger partial charge in [0.25, 0.3) is 7.82 Å². The minimum absolute atomic E-state index is 0.0705. The van der Waals surface area contributed by atoms with Gasteiger partial charge in [-0.05, 0) is 12.8 Å². The largest absolute Gasteiger partial charge is 0.756 e.